The maximum absolute atomic E-state index is 13.3. The van der Waals surface area contributed by atoms with Crippen LogP contribution in [0.1, 0.15) is 68.8 Å². The van der Waals surface area contributed by atoms with Crippen LogP contribution < -0.4 is 5.32 Å². The van der Waals surface area contributed by atoms with Gasteiger partial charge in [0.15, 0.2) is 0 Å². The number of amides is 4. The standard InChI is InChI=1S/C27H33N3O3/c1-26(2,3)19-13-15-20(16-14-19)27(4)24(32)30(25(33)28-27)17-23(31)29(5)22-12-8-10-18-9-6-7-11-21(18)22/h6-7,9,11,13-16,22H,8,10,12,17H2,1-5H3,(H,28,33). The maximum Gasteiger partial charge on any atom is 0.325 e. The molecule has 0 saturated carbocycles. The molecule has 1 saturated heterocycles. The third-order valence-corrected chi connectivity index (χ3v) is 7.10. The smallest absolute Gasteiger partial charge is 0.325 e. The summed E-state index contributed by atoms with van der Waals surface area (Å²) in [5.41, 5.74) is 3.06. The summed E-state index contributed by atoms with van der Waals surface area (Å²) >= 11 is 0. The zero-order valence-electron chi connectivity index (χ0n) is 20.1. The number of imide groups is 1. The topological polar surface area (TPSA) is 69.7 Å². The second-order valence-electron chi connectivity index (χ2n) is 10.4. The first kappa shape index (κ1) is 23.0. The zero-order chi connectivity index (χ0) is 24.0. The first-order valence-corrected chi connectivity index (χ1v) is 11.6. The monoisotopic (exact) mass is 447 g/mol. The summed E-state index contributed by atoms with van der Waals surface area (Å²) in [6.45, 7) is 7.81. The number of benzene rings is 2. The summed E-state index contributed by atoms with van der Waals surface area (Å²) in [5, 5.41) is 2.81. The van der Waals surface area contributed by atoms with Crippen LogP contribution in [-0.4, -0.2) is 41.2 Å². The molecule has 1 heterocycles. The van der Waals surface area contributed by atoms with Crippen molar-refractivity contribution in [1.29, 1.82) is 0 Å². The van der Waals surface area contributed by atoms with E-state index in [9.17, 15) is 14.4 Å². The van der Waals surface area contributed by atoms with Crippen molar-refractivity contribution in [1.82, 2.24) is 15.1 Å². The number of nitrogens with zero attached hydrogens (tertiary/aromatic N) is 2. The van der Waals surface area contributed by atoms with Crippen molar-refractivity contribution in [2.24, 2.45) is 0 Å². The Morgan fingerprint density at radius 3 is 2.45 bits per heavy atom. The maximum atomic E-state index is 13.3. The Labute approximate surface area is 196 Å². The summed E-state index contributed by atoms with van der Waals surface area (Å²) in [5.74, 6) is -0.644. The van der Waals surface area contributed by atoms with Gasteiger partial charge in [-0.3, -0.25) is 14.5 Å². The van der Waals surface area contributed by atoms with Gasteiger partial charge in [-0.05, 0) is 53.9 Å². The largest absolute Gasteiger partial charge is 0.337 e. The van der Waals surface area contributed by atoms with Gasteiger partial charge < -0.3 is 10.2 Å². The number of nitrogens with one attached hydrogen (secondary N) is 1. The first-order valence-electron chi connectivity index (χ1n) is 11.6. The average Bonchev–Trinajstić information content (AvgIpc) is 3.01. The van der Waals surface area contributed by atoms with E-state index in [4.69, 9.17) is 0 Å². The molecule has 1 fully saturated rings. The van der Waals surface area contributed by atoms with Gasteiger partial charge in [-0.2, -0.15) is 0 Å². The second kappa shape index (κ2) is 8.32. The van der Waals surface area contributed by atoms with Gasteiger partial charge in [-0.25, -0.2) is 4.79 Å². The second-order valence-corrected chi connectivity index (χ2v) is 10.4. The molecule has 2 unspecified atom stereocenters. The minimum atomic E-state index is -1.19. The lowest BCUT2D eigenvalue weighted by Crippen LogP contribution is -2.44. The predicted octanol–water partition coefficient (Wildman–Crippen LogP) is 4.29. The molecule has 2 aromatic rings. The van der Waals surface area contributed by atoms with Gasteiger partial charge in [-0.1, -0.05) is 69.3 Å². The molecular weight excluding hydrogens is 414 g/mol. The van der Waals surface area contributed by atoms with E-state index < -0.39 is 17.5 Å². The molecule has 0 radical (unpaired) electrons. The molecule has 0 aromatic heterocycles. The van der Waals surface area contributed by atoms with Crippen LogP contribution in [0, 0.1) is 0 Å². The molecule has 2 aliphatic rings. The summed E-state index contributed by atoms with van der Waals surface area (Å²) in [6, 6.07) is 15.3. The van der Waals surface area contributed by atoms with E-state index >= 15 is 0 Å². The molecule has 6 heteroatoms. The highest BCUT2D eigenvalue weighted by molar-refractivity contribution is 6.09. The Hall–Kier alpha value is -3.15. The Morgan fingerprint density at radius 2 is 1.79 bits per heavy atom. The number of rotatable bonds is 4. The summed E-state index contributed by atoms with van der Waals surface area (Å²) in [6.07, 6.45) is 2.89. The van der Waals surface area contributed by atoms with Gasteiger partial charge in [0.2, 0.25) is 5.91 Å². The van der Waals surface area contributed by atoms with Crippen molar-refractivity contribution >= 4 is 17.8 Å². The van der Waals surface area contributed by atoms with Gasteiger partial charge in [0.05, 0.1) is 6.04 Å². The summed E-state index contributed by atoms with van der Waals surface area (Å²) in [4.78, 5) is 42.0. The highest BCUT2D eigenvalue weighted by Crippen LogP contribution is 2.34. The lowest BCUT2D eigenvalue weighted by atomic mass is 9.84. The van der Waals surface area contributed by atoms with Gasteiger partial charge in [0, 0.05) is 7.05 Å². The molecule has 6 nitrogen and oxygen atoms in total. The molecule has 4 rings (SSSR count). The Bertz CT molecular complexity index is 1090. The highest BCUT2D eigenvalue weighted by Gasteiger charge is 2.50. The van der Waals surface area contributed by atoms with E-state index in [-0.39, 0.29) is 23.9 Å². The number of carbonyl (C=O) groups excluding carboxylic acids is 3. The number of likely N-dealkylation sites (N-methyl/N-ethyl adjacent to an activating group) is 1. The van der Waals surface area contributed by atoms with Crippen molar-refractivity contribution in [3.8, 4) is 0 Å². The van der Waals surface area contributed by atoms with Gasteiger partial charge in [0.25, 0.3) is 5.91 Å². The van der Waals surface area contributed by atoms with Crippen molar-refractivity contribution in [3.05, 3.63) is 70.8 Å². The number of hydrogen-bond acceptors (Lipinski definition) is 3. The Kier molecular flexibility index (Phi) is 5.81. The van der Waals surface area contributed by atoms with E-state index in [0.29, 0.717) is 5.56 Å². The highest BCUT2D eigenvalue weighted by atomic mass is 16.2. The third kappa shape index (κ3) is 4.14. The fourth-order valence-corrected chi connectivity index (χ4v) is 4.89. The molecular formula is C27H33N3O3. The van der Waals surface area contributed by atoms with Crippen LogP contribution in [0.15, 0.2) is 48.5 Å². The summed E-state index contributed by atoms with van der Waals surface area (Å²) in [7, 11) is 1.76. The molecule has 0 spiro atoms. The fraction of sp³-hybridized carbons (Fsp3) is 0.444. The molecule has 174 valence electrons. The van der Waals surface area contributed by atoms with Crippen LogP contribution in [0.25, 0.3) is 0 Å². The van der Waals surface area contributed by atoms with E-state index in [0.717, 1.165) is 35.3 Å². The first-order chi connectivity index (χ1) is 15.5. The molecule has 1 aliphatic heterocycles. The number of urea groups is 1. The Morgan fingerprint density at radius 1 is 1.12 bits per heavy atom. The summed E-state index contributed by atoms with van der Waals surface area (Å²) < 4.78 is 0. The van der Waals surface area contributed by atoms with Crippen LogP contribution in [0.5, 0.6) is 0 Å². The zero-order valence-corrected chi connectivity index (χ0v) is 20.1. The van der Waals surface area contributed by atoms with E-state index in [1.54, 1.807) is 18.9 Å². The van der Waals surface area contributed by atoms with Crippen LogP contribution >= 0.6 is 0 Å². The van der Waals surface area contributed by atoms with Crippen LogP contribution in [0.2, 0.25) is 0 Å². The molecule has 0 bridgehead atoms. The predicted molar refractivity (Wildman–Crippen MR) is 128 cm³/mol. The van der Waals surface area contributed by atoms with Crippen LogP contribution in [0.4, 0.5) is 4.79 Å². The lowest BCUT2D eigenvalue weighted by molar-refractivity contribution is -0.139. The minimum Gasteiger partial charge on any atom is -0.337 e. The van der Waals surface area contributed by atoms with Crippen molar-refractivity contribution < 1.29 is 14.4 Å². The molecule has 1 N–H and O–H groups in total. The third-order valence-electron chi connectivity index (χ3n) is 7.10. The van der Waals surface area contributed by atoms with Crippen molar-refractivity contribution in [2.45, 2.75) is 64.0 Å². The number of fused-ring (bicyclic) bond motifs is 1. The molecule has 1 aliphatic carbocycles. The SMILES string of the molecule is CN(C(=O)CN1C(=O)NC(C)(c2ccc(C(C)(C)C)cc2)C1=O)C1CCCc2ccccc21. The average molecular weight is 448 g/mol. The van der Waals surface area contributed by atoms with Gasteiger partial charge in [0.1, 0.15) is 12.1 Å². The number of carbonyl (C=O) groups is 3. The lowest BCUT2D eigenvalue weighted by Gasteiger charge is -2.34. The molecule has 4 amide bonds. The molecule has 33 heavy (non-hydrogen) atoms. The van der Waals surface area contributed by atoms with E-state index in [1.165, 1.54) is 5.56 Å². The van der Waals surface area contributed by atoms with Crippen LogP contribution in [-0.2, 0) is 27.0 Å². The normalized spacial score (nSPS) is 22.7. The molecule has 2 atom stereocenters. The van der Waals surface area contributed by atoms with Crippen LogP contribution in [0.3, 0.4) is 0 Å². The Balaban J connectivity index is 1.51. The fourth-order valence-electron chi connectivity index (χ4n) is 4.89. The number of hydrogen-bond donors (Lipinski definition) is 1. The minimum absolute atomic E-state index is 0.0108. The van der Waals surface area contributed by atoms with E-state index in [2.05, 4.69) is 38.2 Å². The van der Waals surface area contributed by atoms with Crippen molar-refractivity contribution in [2.75, 3.05) is 13.6 Å². The van der Waals surface area contributed by atoms with Gasteiger partial charge in [-0.15, -0.1) is 0 Å². The number of aryl methyl sites for hydroxylation is 1. The van der Waals surface area contributed by atoms with Gasteiger partial charge >= 0.3 is 6.03 Å². The van der Waals surface area contributed by atoms with E-state index in [1.807, 2.05) is 36.4 Å². The molecule has 2 aromatic carbocycles. The van der Waals surface area contributed by atoms with Crippen molar-refractivity contribution in [3.63, 3.8) is 0 Å². The quantitative estimate of drug-likeness (QED) is 0.711.